The van der Waals surface area contributed by atoms with Gasteiger partial charge in [-0.1, -0.05) is 53.6 Å². The van der Waals surface area contributed by atoms with Crippen LogP contribution in [-0.2, 0) is 6.16 Å². The van der Waals surface area contributed by atoms with Crippen LogP contribution >= 0.6 is 7.92 Å². The van der Waals surface area contributed by atoms with Crippen molar-refractivity contribution in [1.29, 1.82) is 0 Å². The second-order valence-electron chi connectivity index (χ2n) is 6.06. The van der Waals surface area contributed by atoms with Crippen molar-refractivity contribution in [2.24, 2.45) is 0 Å². The Labute approximate surface area is 144 Å². The summed E-state index contributed by atoms with van der Waals surface area (Å²) in [4.78, 5) is 0. The molecule has 0 aromatic heterocycles. The Morgan fingerprint density at radius 1 is 0.708 bits per heavy atom. The largest absolute Gasteiger partial charge is 0.507 e. The maximum atomic E-state index is 10.4. The van der Waals surface area contributed by atoms with Crippen LogP contribution in [0.5, 0.6) is 11.5 Å². The van der Waals surface area contributed by atoms with Gasteiger partial charge >= 0.3 is 0 Å². The quantitative estimate of drug-likeness (QED) is 0.696. The van der Waals surface area contributed by atoms with Crippen LogP contribution in [0.1, 0.15) is 16.7 Å². The maximum absolute atomic E-state index is 10.4. The molecule has 0 fully saturated rings. The molecule has 0 saturated carbocycles. The molecule has 0 spiro atoms. The van der Waals surface area contributed by atoms with E-state index in [9.17, 15) is 10.2 Å². The molecular weight excluding hydrogens is 315 g/mol. The van der Waals surface area contributed by atoms with Crippen LogP contribution in [0.15, 0.2) is 66.7 Å². The van der Waals surface area contributed by atoms with E-state index < -0.39 is 7.92 Å². The summed E-state index contributed by atoms with van der Waals surface area (Å²) in [5.74, 6) is 0.590. The lowest BCUT2D eigenvalue weighted by molar-refractivity contribution is 0.479. The number of aryl methyl sites for hydroxylation is 2. The van der Waals surface area contributed by atoms with Gasteiger partial charge in [-0.2, -0.15) is 0 Å². The van der Waals surface area contributed by atoms with Crippen LogP contribution in [0.4, 0.5) is 0 Å². The molecule has 3 rings (SSSR count). The summed E-state index contributed by atoms with van der Waals surface area (Å²) in [6.45, 7) is 4.05. The molecule has 24 heavy (non-hydrogen) atoms. The van der Waals surface area contributed by atoms with Crippen molar-refractivity contribution in [3.8, 4) is 11.5 Å². The van der Waals surface area contributed by atoms with Gasteiger partial charge in [0, 0.05) is 16.8 Å². The number of phenolic OH excluding ortho intramolecular Hbond substituents is 2. The number of phenols is 2. The van der Waals surface area contributed by atoms with Gasteiger partial charge in [-0.3, -0.25) is 0 Å². The van der Waals surface area contributed by atoms with E-state index in [0.29, 0.717) is 11.5 Å². The van der Waals surface area contributed by atoms with Crippen LogP contribution in [0.25, 0.3) is 0 Å². The fourth-order valence-corrected chi connectivity index (χ4v) is 5.36. The van der Waals surface area contributed by atoms with Crippen molar-refractivity contribution in [1.82, 2.24) is 0 Å². The minimum Gasteiger partial charge on any atom is -0.507 e. The van der Waals surface area contributed by atoms with Gasteiger partial charge in [0.2, 0.25) is 0 Å². The summed E-state index contributed by atoms with van der Waals surface area (Å²) in [6, 6.07) is 21.6. The number of aromatic hydroxyl groups is 2. The van der Waals surface area contributed by atoms with Crippen LogP contribution in [0.2, 0.25) is 0 Å². The third kappa shape index (κ3) is 3.60. The molecule has 0 bridgehead atoms. The van der Waals surface area contributed by atoms with E-state index in [-0.39, 0.29) is 0 Å². The molecule has 0 radical (unpaired) electrons. The Kier molecular flexibility index (Phi) is 4.87. The smallest absolute Gasteiger partial charge is 0.123 e. The highest BCUT2D eigenvalue weighted by molar-refractivity contribution is 7.72. The summed E-state index contributed by atoms with van der Waals surface area (Å²) >= 11 is 0. The zero-order valence-electron chi connectivity index (χ0n) is 13.9. The molecule has 122 valence electrons. The zero-order valence-corrected chi connectivity index (χ0v) is 14.8. The third-order valence-corrected chi connectivity index (χ3v) is 6.59. The summed E-state index contributed by atoms with van der Waals surface area (Å²) in [5, 5.41) is 22.7. The number of hydrogen-bond donors (Lipinski definition) is 2. The summed E-state index contributed by atoms with van der Waals surface area (Å²) in [7, 11) is -0.901. The van der Waals surface area contributed by atoms with Gasteiger partial charge < -0.3 is 10.2 Å². The van der Waals surface area contributed by atoms with Gasteiger partial charge in [-0.05, 0) is 51.6 Å². The lowest BCUT2D eigenvalue weighted by Crippen LogP contribution is -2.15. The molecular formula is C21H21O2P. The van der Waals surface area contributed by atoms with E-state index in [4.69, 9.17) is 0 Å². The van der Waals surface area contributed by atoms with Crippen molar-refractivity contribution in [3.63, 3.8) is 0 Å². The standard InChI is InChI=1S/C21H21O2P/c1-15-8-10-18(22)20(12-15)24(14-17-6-4-3-5-7-17)21-13-16(2)9-11-19(21)23/h3-13,22-23H,14H2,1-2H3. The topological polar surface area (TPSA) is 40.5 Å². The minimum atomic E-state index is -0.901. The number of benzene rings is 3. The molecule has 0 unspecified atom stereocenters. The normalized spacial score (nSPS) is 11.0. The first-order valence-electron chi connectivity index (χ1n) is 7.95. The van der Waals surface area contributed by atoms with Crippen molar-refractivity contribution >= 4 is 18.5 Å². The Balaban J connectivity index is 2.13. The second-order valence-corrected chi connectivity index (χ2v) is 8.19. The number of hydrogen-bond acceptors (Lipinski definition) is 2. The van der Waals surface area contributed by atoms with Crippen LogP contribution in [0, 0.1) is 13.8 Å². The van der Waals surface area contributed by atoms with Gasteiger partial charge in [-0.25, -0.2) is 0 Å². The molecule has 3 aromatic rings. The summed E-state index contributed by atoms with van der Waals surface area (Å²) in [5.41, 5.74) is 3.41. The third-order valence-electron chi connectivity index (χ3n) is 4.03. The molecule has 2 nitrogen and oxygen atoms in total. The van der Waals surface area contributed by atoms with Gasteiger partial charge in [0.15, 0.2) is 0 Å². The lowest BCUT2D eigenvalue weighted by atomic mass is 10.2. The monoisotopic (exact) mass is 336 g/mol. The lowest BCUT2D eigenvalue weighted by Gasteiger charge is -2.22. The predicted molar refractivity (Wildman–Crippen MR) is 102 cm³/mol. The highest BCUT2D eigenvalue weighted by Gasteiger charge is 2.21. The average molecular weight is 336 g/mol. The maximum Gasteiger partial charge on any atom is 0.123 e. The summed E-state index contributed by atoms with van der Waals surface area (Å²) < 4.78 is 0. The van der Waals surface area contributed by atoms with E-state index in [2.05, 4.69) is 12.1 Å². The highest BCUT2D eigenvalue weighted by atomic mass is 31.1. The van der Waals surface area contributed by atoms with Gasteiger partial charge in [0.05, 0.1) is 0 Å². The Morgan fingerprint density at radius 2 is 1.21 bits per heavy atom. The van der Waals surface area contributed by atoms with Crippen LogP contribution < -0.4 is 10.6 Å². The van der Waals surface area contributed by atoms with E-state index in [0.717, 1.165) is 27.9 Å². The molecule has 0 aliphatic heterocycles. The molecule has 0 aliphatic rings. The van der Waals surface area contributed by atoms with Crippen LogP contribution in [0.3, 0.4) is 0 Å². The van der Waals surface area contributed by atoms with Crippen molar-refractivity contribution in [2.45, 2.75) is 20.0 Å². The van der Waals surface area contributed by atoms with Gasteiger partial charge in [0.1, 0.15) is 11.5 Å². The first-order valence-corrected chi connectivity index (χ1v) is 9.48. The molecule has 3 heteroatoms. The first kappa shape index (κ1) is 16.5. The Bertz CT molecular complexity index is 792. The summed E-state index contributed by atoms with van der Waals surface area (Å²) in [6.07, 6.45) is 0.782. The van der Waals surface area contributed by atoms with E-state index >= 15 is 0 Å². The molecule has 0 aliphatic carbocycles. The fraction of sp³-hybridized carbons (Fsp3) is 0.143. The average Bonchev–Trinajstić information content (AvgIpc) is 2.58. The van der Waals surface area contributed by atoms with Crippen molar-refractivity contribution in [3.05, 3.63) is 83.4 Å². The highest BCUT2D eigenvalue weighted by Crippen LogP contribution is 2.43. The predicted octanol–water partition coefficient (Wildman–Crippen LogP) is 4.35. The van der Waals surface area contributed by atoms with Gasteiger partial charge in [-0.15, -0.1) is 0 Å². The molecule has 0 amide bonds. The first-order chi connectivity index (χ1) is 11.5. The van der Waals surface area contributed by atoms with E-state index in [1.807, 2.05) is 56.3 Å². The van der Waals surface area contributed by atoms with Gasteiger partial charge in [0.25, 0.3) is 0 Å². The van der Waals surface area contributed by atoms with E-state index in [1.165, 1.54) is 5.56 Å². The molecule has 0 atom stereocenters. The molecule has 0 heterocycles. The second kappa shape index (κ2) is 7.07. The van der Waals surface area contributed by atoms with Crippen molar-refractivity contribution < 1.29 is 10.2 Å². The van der Waals surface area contributed by atoms with Crippen LogP contribution in [-0.4, -0.2) is 10.2 Å². The van der Waals surface area contributed by atoms with E-state index in [1.54, 1.807) is 12.1 Å². The number of rotatable bonds is 4. The molecule has 0 saturated heterocycles. The van der Waals surface area contributed by atoms with Crippen molar-refractivity contribution in [2.75, 3.05) is 0 Å². The minimum absolute atomic E-state index is 0.295. The Hall–Kier alpha value is -2.31. The fourth-order valence-electron chi connectivity index (χ4n) is 2.77. The molecule has 2 N–H and O–H groups in total. The molecule has 3 aromatic carbocycles. The Morgan fingerprint density at radius 3 is 1.71 bits per heavy atom. The zero-order chi connectivity index (χ0) is 17.1. The SMILES string of the molecule is Cc1ccc(O)c(P(Cc2ccccc2)c2cc(C)ccc2O)c1.